The van der Waals surface area contributed by atoms with Crippen molar-refractivity contribution in [2.24, 2.45) is 11.5 Å². The summed E-state index contributed by atoms with van der Waals surface area (Å²) in [7, 11) is 0. The molecule has 2 amide bonds. The van der Waals surface area contributed by atoms with Gasteiger partial charge in [0, 0.05) is 48.9 Å². The lowest BCUT2D eigenvalue weighted by molar-refractivity contribution is -0.121. The molecule has 0 aromatic rings. The van der Waals surface area contributed by atoms with Crippen LogP contribution in [0.15, 0.2) is 24.3 Å². The highest BCUT2D eigenvalue weighted by molar-refractivity contribution is 7.99. The van der Waals surface area contributed by atoms with Crippen molar-refractivity contribution in [1.29, 1.82) is 0 Å². The smallest absolute Gasteiger partial charge is 0.220 e. The predicted molar refractivity (Wildman–Crippen MR) is 134 cm³/mol. The third-order valence-corrected chi connectivity index (χ3v) is 6.50. The second-order valence-corrected chi connectivity index (χ2v) is 9.42. The van der Waals surface area contributed by atoms with E-state index in [2.05, 4.69) is 23.8 Å². The third kappa shape index (κ3) is 19.0. The minimum absolute atomic E-state index is 0.105. The molecule has 0 aromatic carbocycles. The van der Waals surface area contributed by atoms with Gasteiger partial charge in [-0.25, -0.2) is 0 Å². The van der Waals surface area contributed by atoms with Gasteiger partial charge in [-0.15, -0.1) is 0 Å². The maximum Gasteiger partial charge on any atom is 0.220 e. The van der Waals surface area contributed by atoms with Gasteiger partial charge in [-0.05, 0) is 49.9 Å². The van der Waals surface area contributed by atoms with Crippen LogP contribution in [0.5, 0.6) is 0 Å². The Balaban J connectivity index is 3.60. The number of carbonyl (C=O) groups excluding carboxylic acids is 2. The summed E-state index contributed by atoms with van der Waals surface area (Å²) >= 11 is 3.41. The van der Waals surface area contributed by atoms with E-state index in [0.717, 1.165) is 85.8 Å². The zero-order valence-corrected chi connectivity index (χ0v) is 20.1. The summed E-state index contributed by atoms with van der Waals surface area (Å²) in [5, 5.41) is 5.89. The van der Waals surface area contributed by atoms with E-state index in [0.29, 0.717) is 25.9 Å². The van der Waals surface area contributed by atoms with E-state index in [1.165, 1.54) is 0 Å². The van der Waals surface area contributed by atoms with Crippen LogP contribution in [0.4, 0.5) is 0 Å². The number of rotatable bonds is 21. The Kier molecular flexibility index (Phi) is 20.6. The quantitative estimate of drug-likeness (QED) is 0.155. The SMILES string of the molecule is C=C(CSCCC(=O)NCCCCCN)C(=C)CSCCC(=O)NCCCCCN. The molecule has 0 bridgehead atoms. The number of carbonyl (C=O) groups is 2. The maximum atomic E-state index is 11.8. The van der Waals surface area contributed by atoms with Crippen molar-refractivity contribution in [1.82, 2.24) is 10.6 Å². The lowest BCUT2D eigenvalue weighted by Crippen LogP contribution is -2.24. The first-order chi connectivity index (χ1) is 14.5. The van der Waals surface area contributed by atoms with Gasteiger partial charge in [0.15, 0.2) is 0 Å². The molecule has 0 radical (unpaired) electrons. The molecule has 0 rings (SSSR count). The van der Waals surface area contributed by atoms with Gasteiger partial charge in [0.25, 0.3) is 0 Å². The van der Waals surface area contributed by atoms with Gasteiger partial charge in [-0.2, -0.15) is 23.5 Å². The number of thioether (sulfide) groups is 2. The van der Waals surface area contributed by atoms with E-state index in [9.17, 15) is 9.59 Å². The Bertz CT molecular complexity index is 458. The van der Waals surface area contributed by atoms with Crippen LogP contribution in [0.2, 0.25) is 0 Å². The van der Waals surface area contributed by atoms with E-state index in [-0.39, 0.29) is 11.8 Å². The first-order valence-corrected chi connectivity index (χ1v) is 13.3. The van der Waals surface area contributed by atoms with Crippen molar-refractivity contribution in [3.05, 3.63) is 24.3 Å². The van der Waals surface area contributed by atoms with E-state index < -0.39 is 0 Å². The minimum atomic E-state index is 0.105. The van der Waals surface area contributed by atoms with Crippen LogP contribution < -0.4 is 22.1 Å². The number of nitrogens with one attached hydrogen (secondary N) is 2. The summed E-state index contributed by atoms with van der Waals surface area (Å²) in [6.07, 6.45) is 7.17. The Morgan fingerprint density at radius 1 is 0.667 bits per heavy atom. The van der Waals surface area contributed by atoms with Crippen molar-refractivity contribution in [3.63, 3.8) is 0 Å². The zero-order chi connectivity index (χ0) is 22.5. The Morgan fingerprint density at radius 3 is 1.43 bits per heavy atom. The van der Waals surface area contributed by atoms with E-state index >= 15 is 0 Å². The number of hydrogen-bond acceptors (Lipinski definition) is 6. The molecule has 0 aromatic heterocycles. The predicted octanol–water partition coefficient (Wildman–Crippen LogP) is 2.84. The van der Waals surface area contributed by atoms with Crippen molar-refractivity contribution in [2.45, 2.75) is 51.4 Å². The Hall–Kier alpha value is -0.960. The molecule has 0 atom stereocenters. The number of unbranched alkanes of at least 4 members (excludes halogenated alkanes) is 4. The molecule has 0 fully saturated rings. The summed E-state index contributed by atoms with van der Waals surface area (Å²) in [5.41, 5.74) is 12.9. The lowest BCUT2D eigenvalue weighted by Gasteiger charge is -2.10. The van der Waals surface area contributed by atoms with Crippen LogP contribution in [0.1, 0.15) is 51.4 Å². The highest BCUT2D eigenvalue weighted by Gasteiger charge is 2.05. The first kappa shape index (κ1) is 29.0. The fraction of sp³-hybridized carbons (Fsp3) is 0.727. The van der Waals surface area contributed by atoms with Gasteiger partial charge in [0.05, 0.1) is 0 Å². The molecule has 0 heterocycles. The molecule has 6 N–H and O–H groups in total. The van der Waals surface area contributed by atoms with Crippen LogP contribution >= 0.6 is 23.5 Å². The normalized spacial score (nSPS) is 10.6. The van der Waals surface area contributed by atoms with E-state index in [1.807, 2.05) is 0 Å². The van der Waals surface area contributed by atoms with Gasteiger partial charge in [-0.3, -0.25) is 9.59 Å². The first-order valence-electron chi connectivity index (χ1n) is 11.0. The highest BCUT2D eigenvalue weighted by atomic mass is 32.2. The van der Waals surface area contributed by atoms with Crippen LogP contribution in [0.25, 0.3) is 0 Å². The second kappa shape index (κ2) is 21.3. The zero-order valence-electron chi connectivity index (χ0n) is 18.5. The summed E-state index contributed by atoms with van der Waals surface area (Å²) in [6.45, 7) is 11.1. The molecule has 0 aliphatic heterocycles. The summed E-state index contributed by atoms with van der Waals surface area (Å²) < 4.78 is 0. The molecule has 0 spiro atoms. The van der Waals surface area contributed by atoms with Crippen molar-refractivity contribution >= 4 is 35.3 Å². The highest BCUT2D eigenvalue weighted by Crippen LogP contribution is 2.18. The third-order valence-electron chi connectivity index (χ3n) is 4.41. The standard InChI is InChI=1S/C22H42N4O2S2/c1-19(17-29-15-9-21(27)25-13-7-3-5-11-23)20(2)18-30-16-10-22(28)26-14-8-4-6-12-24/h1-18,23-24H2,(H,25,27)(H,26,28). The average molecular weight is 459 g/mol. The van der Waals surface area contributed by atoms with Crippen molar-refractivity contribution in [3.8, 4) is 0 Å². The van der Waals surface area contributed by atoms with Crippen molar-refractivity contribution in [2.75, 3.05) is 49.2 Å². The lowest BCUT2D eigenvalue weighted by atomic mass is 10.2. The van der Waals surface area contributed by atoms with Gasteiger partial charge in [0.1, 0.15) is 0 Å². The maximum absolute atomic E-state index is 11.8. The van der Waals surface area contributed by atoms with Crippen LogP contribution in [0, 0.1) is 0 Å². The van der Waals surface area contributed by atoms with Gasteiger partial charge in [-0.1, -0.05) is 26.0 Å². The Morgan fingerprint density at radius 2 is 1.07 bits per heavy atom. The van der Waals surface area contributed by atoms with Crippen molar-refractivity contribution < 1.29 is 9.59 Å². The van der Waals surface area contributed by atoms with Gasteiger partial charge < -0.3 is 22.1 Å². The van der Waals surface area contributed by atoms with E-state index in [4.69, 9.17) is 11.5 Å². The Labute approximate surface area is 191 Å². The van der Waals surface area contributed by atoms with Crippen LogP contribution in [-0.2, 0) is 9.59 Å². The molecular weight excluding hydrogens is 416 g/mol. The molecule has 8 heteroatoms. The molecule has 0 aliphatic rings. The molecular formula is C22H42N4O2S2. The number of amides is 2. The fourth-order valence-corrected chi connectivity index (χ4v) is 4.30. The topological polar surface area (TPSA) is 110 Å². The largest absolute Gasteiger partial charge is 0.356 e. The summed E-state index contributed by atoms with van der Waals surface area (Å²) in [6, 6.07) is 0. The molecule has 0 saturated carbocycles. The molecule has 174 valence electrons. The number of hydrogen-bond donors (Lipinski definition) is 4. The number of nitrogens with two attached hydrogens (primary N) is 2. The summed E-state index contributed by atoms with van der Waals surface area (Å²) in [4.78, 5) is 23.5. The van der Waals surface area contributed by atoms with Crippen LogP contribution in [-0.4, -0.2) is 61.0 Å². The average Bonchev–Trinajstić information content (AvgIpc) is 2.73. The van der Waals surface area contributed by atoms with E-state index in [1.54, 1.807) is 23.5 Å². The van der Waals surface area contributed by atoms with Gasteiger partial charge in [0.2, 0.25) is 11.8 Å². The molecule has 0 aliphatic carbocycles. The minimum Gasteiger partial charge on any atom is -0.356 e. The molecule has 0 unspecified atom stereocenters. The van der Waals surface area contributed by atoms with Gasteiger partial charge >= 0.3 is 0 Å². The fourth-order valence-electron chi connectivity index (χ4n) is 2.45. The monoisotopic (exact) mass is 458 g/mol. The molecule has 0 saturated heterocycles. The summed E-state index contributed by atoms with van der Waals surface area (Å²) in [5.74, 6) is 3.33. The van der Waals surface area contributed by atoms with Crippen LogP contribution in [0.3, 0.4) is 0 Å². The molecule has 6 nitrogen and oxygen atoms in total. The second-order valence-electron chi connectivity index (χ2n) is 7.21. The molecule has 30 heavy (non-hydrogen) atoms.